The van der Waals surface area contributed by atoms with Crippen molar-refractivity contribution in [2.75, 3.05) is 40.1 Å². The average molecular weight is 679 g/mol. The van der Waals surface area contributed by atoms with Crippen molar-refractivity contribution in [1.82, 2.24) is 0 Å². The Kier molecular flexibility index (Phi) is 15.0. The minimum Gasteiger partial charge on any atom is -0.391 e. The van der Waals surface area contributed by atoms with E-state index in [-0.39, 0.29) is 6.10 Å². The number of aliphatic hydroxyl groups is 1. The Hall–Kier alpha value is -0.280. The molecule has 0 radical (unpaired) electrons. The van der Waals surface area contributed by atoms with Crippen molar-refractivity contribution in [2.24, 2.45) is 34.5 Å². The van der Waals surface area contributed by atoms with E-state index in [1.54, 1.807) is 0 Å². The zero-order chi connectivity index (χ0) is 34.1. The summed E-state index contributed by atoms with van der Waals surface area (Å²) >= 11 is 0. The van der Waals surface area contributed by atoms with E-state index in [4.69, 9.17) is 28.4 Å². The van der Waals surface area contributed by atoms with E-state index in [0.717, 1.165) is 69.4 Å². The van der Waals surface area contributed by atoms with Crippen LogP contribution in [0.2, 0.25) is 0 Å². The fourth-order valence-corrected chi connectivity index (χ4v) is 9.81. The normalized spacial score (nSPS) is 38.1. The van der Waals surface area contributed by atoms with Crippen molar-refractivity contribution >= 4 is 0 Å². The molecule has 2 saturated heterocycles. The molecule has 3 atom stereocenters. The highest BCUT2D eigenvalue weighted by molar-refractivity contribution is 4.92. The molecule has 48 heavy (non-hydrogen) atoms. The number of aliphatic hydroxyl groups excluding tert-OH is 1. The first-order valence-electron chi connectivity index (χ1n) is 20.4. The molecule has 0 aromatic heterocycles. The van der Waals surface area contributed by atoms with Crippen molar-refractivity contribution in [3.8, 4) is 0 Å². The molecule has 2 aliphatic heterocycles. The van der Waals surface area contributed by atoms with Gasteiger partial charge in [0.25, 0.3) is 0 Å². The molecule has 0 aromatic carbocycles. The van der Waals surface area contributed by atoms with Gasteiger partial charge >= 0.3 is 0 Å². The fourth-order valence-electron chi connectivity index (χ4n) is 9.81. The minimum atomic E-state index is -0.298. The van der Waals surface area contributed by atoms with Gasteiger partial charge in [0.05, 0.1) is 63.6 Å². The lowest BCUT2D eigenvalue weighted by Gasteiger charge is -2.46. The van der Waals surface area contributed by atoms with Crippen LogP contribution in [-0.4, -0.2) is 88.0 Å². The Morgan fingerprint density at radius 2 is 0.854 bits per heavy atom. The lowest BCUT2D eigenvalue weighted by Crippen LogP contribution is -2.39. The summed E-state index contributed by atoms with van der Waals surface area (Å²) in [5, 5.41) is 9.69. The quantitative estimate of drug-likeness (QED) is 0.174. The maximum absolute atomic E-state index is 9.69. The summed E-state index contributed by atoms with van der Waals surface area (Å²) in [5.41, 5.74) is 0.891. The van der Waals surface area contributed by atoms with Crippen LogP contribution in [0.4, 0.5) is 0 Å². The van der Waals surface area contributed by atoms with Crippen LogP contribution in [0.15, 0.2) is 0 Å². The summed E-state index contributed by atoms with van der Waals surface area (Å²) < 4.78 is 34.0. The molecule has 4 saturated carbocycles. The molecule has 6 aliphatic rings. The van der Waals surface area contributed by atoms with Crippen LogP contribution in [0, 0.1) is 34.5 Å². The minimum absolute atomic E-state index is 0.298. The predicted molar refractivity (Wildman–Crippen MR) is 191 cm³/mol. The van der Waals surface area contributed by atoms with Gasteiger partial charge in [-0.1, -0.05) is 34.6 Å². The smallest absolute Gasteiger partial charge is 0.104 e. The average Bonchev–Trinajstić information content (AvgIpc) is 4.06. The standard InChI is InChI=1S/C22H40O4.C19H34O3/c1-4-18(23)13-24-19-9-5-16(6-10-19)22(2,3)17-7-11-20(12-8-17)25-14-21-15-26-21;1-19(2,14-4-8-16(20-3)9-5-14)15-6-10-17(11-7-15)21-12-18-13-22-18/h16-21,23H,4-15H2,1-3H3;14-18H,4-13H2,1-3H3. The Morgan fingerprint density at radius 3 is 1.15 bits per heavy atom. The molecule has 7 heteroatoms. The number of ether oxygens (including phenoxy) is 6. The fraction of sp³-hybridized carbons (Fsp3) is 1.00. The molecule has 280 valence electrons. The lowest BCUT2D eigenvalue weighted by atomic mass is 9.60. The van der Waals surface area contributed by atoms with E-state index in [9.17, 15) is 5.11 Å². The summed E-state index contributed by atoms with van der Waals surface area (Å²) in [4.78, 5) is 0. The van der Waals surface area contributed by atoms with E-state index in [1.807, 2.05) is 14.0 Å². The van der Waals surface area contributed by atoms with E-state index < -0.39 is 0 Å². The number of rotatable bonds is 15. The number of epoxide rings is 2. The van der Waals surface area contributed by atoms with Gasteiger partial charge in [0.1, 0.15) is 12.2 Å². The third kappa shape index (κ3) is 11.6. The van der Waals surface area contributed by atoms with E-state index in [0.29, 0.717) is 54.1 Å². The first kappa shape index (κ1) is 38.9. The number of hydrogen-bond donors (Lipinski definition) is 1. The molecule has 7 nitrogen and oxygen atoms in total. The third-order valence-electron chi connectivity index (χ3n) is 14.1. The molecule has 2 heterocycles. The molecule has 6 rings (SSSR count). The molecule has 1 N–H and O–H groups in total. The predicted octanol–water partition coefficient (Wildman–Crippen LogP) is 8.53. The maximum atomic E-state index is 9.69. The Balaban J connectivity index is 0.000000190. The van der Waals surface area contributed by atoms with Crippen LogP contribution >= 0.6 is 0 Å². The Morgan fingerprint density at radius 1 is 0.542 bits per heavy atom. The molecular weight excluding hydrogens is 604 g/mol. The van der Waals surface area contributed by atoms with Crippen LogP contribution in [0.1, 0.15) is 144 Å². The van der Waals surface area contributed by atoms with E-state index in [1.165, 1.54) is 89.9 Å². The van der Waals surface area contributed by atoms with Crippen molar-refractivity contribution in [2.45, 2.75) is 187 Å². The van der Waals surface area contributed by atoms with Crippen molar-refractivity contribution in [1.29, 1.82) is 0 Å². The van der Waals surface area contributed by atoms with Gasteiger partial charge in [-0.25, -0.2) is 0 Å². The zero-order valence-electron chi connectivity index (χ0n) is 31.8. The van der Waals surface area contributed by atoms with Gasteiger partial charge in [-0.05, 0) is 144 Å². The summed E-state index contributed by atoms with van der Waals surface area (Å²) in [6.07, 6.45) is 23.4. The van der Waals surface area contributed by atoms with Gasteiger partial charge in [-0.2, -0.15) is 0 Å². The summed E-state index contributed by atoms with van der Waals surface area (Å²) in [6, 6.07) is 0. The SMILES string of the molecule is CCC(O)COC1CCC(C(C)(C)C2CCC(OCC3CO3)CC2)CC1.COC1CCC(C(C)(C)C2CCC(OCC3CO3)CC2)CC1. The van der Waals surface area contributed by atoms with Gasteiger partial charge in [0.15, 0.2) is 0 Å². The second-order valence-corrected chi connectivity index (χ2v) is 17.7. The molecule has 0 spiro atoms. The summed E-state index contributed by atoms with van der Waals surface area (Å²) in [6.45, 7) is 16.0. The van der Waals surface area contributed by atoms with Gasteiger partial charge in [0.2, 0.25) is 0 Å². The topological polar surface area (TPSA) is 82.2 Å². The molecule has 4 aliphatic carbocycles. The van der Waals surface area contributed by atoms with Gasteiger partial charge in [-0.3, -0.25) is 0 Å². The summed E-state index contributed by atoms with van der Waals surface area (Å²) in [7, 11) is 1.87. The highest BCUT2D eigenvalue weighted by atomic mass is 16.6. The second kappa shape index (κ2) is 18.5. The van der Waals surface area contributed by atoms with E-state index >= 15 is 0 Å². The molecule has 0 aromatic rings. The molecule has 3 unspecified atom stereocenters. The Labute approximate surface area is 294 Å². The maximum Gasteiger partial charge on any atom is 0.104 e. The molecule has 0 bridgehead atoms. The van der Waals surface area contributed by atoms with Gasteiger partial charge in [-0.15, -0.1) is 0 Å². The third-order valence-corrected chi connectivity index (χ3v) is 14.1. The number of hydrogen-bond acceptors (Lipinski definition) is 7. The largest absolute Gasteiger partial charge is 0.391 e. The lowest BCUT2D eigenvalue weighted by molar-refractivity contribution is -0.0534. The number of methoxy groups -OCH3 is 1. The molecular formula is C41H74O7. The van der Waals surface area contributed by atoms with Gasteiger partial charge < -0.3 is 33.5 Å². The Bertz CT molecular complexity index is 884. The van der Waals surface area contributed by atoms with Crippen molar-refractivity contribution < 1.29 is 33.5 Å². The van der Waals surface area contributed by atoms with Crippen LogP contribution in [-0.2, 0) is 28.4 Å². The molecule has 6 fully saturated rings. The van der Waals surface area contributed by atoms with E-state index in [2.05, 4.69) is 27.7 Å². The highest BCUT2D eigenvalue weighted by Gasteiger charge is 2.42. The monoisotopic (exact) mass is 679 g/mol. The zero-order valence-corrected chi connectivity index (χ0v) is 31.8. The highest BCUT2D eigenvalue weighted by Crippen LogP contribution is 2.50. The van der Waals surface area contributed by atoms with Crippen molar-refractivity contribution in [3.05, 3.63) is 0 Å². The second-order valence-electron chi connectivity index (χ2n) is 17.7. The first-order valence-corrected chi connectivity index (χ1v) is 20.4. The van der Waals surface area contributed by atoms with Crippen LogP contribution in [0.3, 0.4) is 0 Å². The van der Waals surface area contributed by atoms with Crippen LogP contribution < -0.4 is 0 Å². The summed E-state index contributed by atoms with van der Waals surface area (Å²) in [5.74, 6) is 3.37. The first-order chi connectivity index (χ1) is 23.1. The van der Waals surface area contributed by atoms with Crippen LogP contribution in [0.5, 0.6) is 0 Å². The van der Waals surface area contributed by atoms with Crippen LogP contribution in [0.25, 0.3) is 0 Å². The van der Waals surface area contributed by atoms with Crippen molar-refractivity contribution in [3.63, 3.8) is 0 Å². The van der Waals surface area contributed by atoms with Gasteiger partial charge in [0, 0.05) is 7.11 Å². The molecule has 0 amide bonds.